The lowest BCUT2D eigenvalue weighted by molar-refractivity contribution is -0.117. The molecule has 0 saturated carbocycles. The highest BCUT2D eigenvalue weighted by molar-refractivity contribution is 6.00. The highest BCUT2D eigenvalue weighted by Crippen LogP contribution is 2.20. The lowest BCUT2D eigenvalue weighted by Gasteiger charge is -2.07. The third-order valence-electron chi connectivity index (χ3n) is 2.63. The Labute approximate surface area is 115 Å². The van der Waals surface area contributed by atoms with E-state index in [9.17, 15) is 4.79 Å². The van der Waals surface area contributed by atoms with Crippen LogP contribution in [0.15, 0.2) is 41.9 Å². The Balaban J connectivity index is 2.21. The monoisotopic (exact) mass is 268 g/mol. The molecule has 0 atom stereocenters. The molecule has 20 heavy (non-hydrogen) atoms. The van der Waals surface area contributed by atoms with Gasteiger partial charge in [-0.3, -0.25) is 4.79 Å². The quantitative estimate of drug-likeness (QED) is 0.663. The van der Waals surface area contributed by atoms with Gasteiger partial charge in [-0.1, -0.05) is 12.1 Å². The molecule has 0 radical (unpaired) electrons. The van der Waals surface area contributed by atoms with Gasteiger partial charge in [0.05, 0.1) is 10.9 Å². The van der Waals surface area contributed by atoms with Crippen molar-refractivity contribution in [3.05, 3.63) is 41.9 Å². The number of hydrogen-bond donors (Lipinski definition) is 1. The number of rotatable bonds is 4. The number of aromatic nitrogens is 2. The summed E-state index contributed by atoms with van der Waals surface area (Å²) in [5.41, 5.74) is 6.26. The summed E-state index contributed by atoms with van der Waals surface area (Å²) in [6, 6.07) is 9.05. The number of benzene rings is 1. The van der Waals surface area contributed by atoms with Gasteiger partial charge in [-0.25, -0.2) is 9.97 Å². The number of para-hydroxylation sites is 1. The molecule has 0 fully saturated rings. The number of carbonyl (C=O) groups is 1. The summed E-state index contributed by atoms with van der Waals surface area (Å²) in [5, 5.41) is 9.55. The topological polar surface area (TPSA) is 102 Å². The molecular weight excluding hydrogens is 256 g/mol. The number of allylic oxidation sites excluding steroid dienone is 1. The first kappa shape index (κ1) is 13.5. The molecule has 0 aliphatic carbocycles. The molecule has 0 spiro atoms. The van der Waals surface area contributed by atoms with Crippen molar-refractivity contribution in [1.82, 2.24) is 9.97 Å². The van der Waals surface area contributed by atoms with Gasteiger partial charge in [-0.15, -0.1) is 0 Å². The van der Waals surface area contributed by atoms with Crippen molar-refractivity contribution in [2.45, 2.75) is 6.92 Å². The fourth-order valence-electron chi connectivity index (χ4n) is 1.67. The Morgan fingerprint density at radius 2 is 2.15 bits per heavy atom. The van der Waals surface area contributed by atoms with E-state index in [2.05, 4.69) is 9.97 Å². The van der Waals surface area contributed by atoms with Gasteiger partial charge in [0.1, 0.15) is 18.0 Å². The number of ketones is 1. The second-order valence-electron chi connectivity index (χ2n) is 4.08. The Bertz CT molecular complexity index is 722. The molecule has 0 bridgehead atoms. The maximum Gasteiger partial charge on any atom is 0.224 e. The van der Waals surface area contributed by atoms with E-state index in [1.54, 1.807) is 12.1 Å². The molecule has 0 aliphatic heterocycles. The molecule has 1 aromatic carbocycles. The van der Waals surface area contributed by atoms with E-state index < -0.39 is 5.78 Å². The summed E-state index contributed by atoms with van der Waals surface area (Å²) in [7, 11) is 0. The van der Waals surface area contributed by atoms with Gasteiger partial charge < -0.3 is 10.5 Å². The summed E-state index contributed by atoms with van der Waals surface area (Å²) >= 11 is 0. The first-order valence-corrected chi connectivity index (χ1v) is 5.85. The van der Waals surface area contributed by atoms with Crippen molar-refractivity contribution in [3.63, 3.8) is 0 Å². The molecule has 1 aromatic heterocycles. The Hall–Kier alpha value is -2.94. The van der Waals surface area contributed by atoms with Crippen molar-refractivity contribution in [2.24, 2.45) is 5.73 Å². The Kier molecular flexibility index (Phi) is 3.91. The van der Waals surface area contributed by atoms with Crippen LogP contribution in [0.1, 0.15) is 6.92 Å². The third kappa shape index (κ3) is 2.72. The molecule has 0 unspecified atom stereocenters. The SMILES string of the molecule is C/C(N)=C(/C#N)C(=O)COc1ncnc2ccccc12. The number of hydrogen-bond acceptors (Lipinski definition) is 6. The molecule has 1 heterocycles. The lowest BCUT2D eigenvalue weighted by atomic mass is 10.1. The first-order valence-electron chi connectivity index (χ1n) is 5.85. The Morgan fingerprint density at radius 3 is 2.85 bits per heavy atom. The van der Waals surface area contributed by atoms with Crippen molar-refractivity contribution in [3.8, 4) is 11.9 Å². The number of fused-ring (bicyclic) bond motifs is 1. The number of nitriles is 1. The lowest BCUT2D eigenvalue weighted by Crippen LogP contribution is -2.16. The summed E-state index contributed by atoms with van der Waals surface area (Å²) < 4.78 is 5.37. The third-order valence-corrected chi connectivity index (χ3v) is 2.63. The van der Waals surface area contributed by atoms with E-state index in [0.29, 0.717) is 11.3 Å². The van der Waals surface area contributed by atoms with Crippen LogP contribution in [-0.4, -0.2) is 22.4 Å². The zero-order valence-corrected chi connectivity index (χ0v) is 10.8. The minimum atomic E-state index is -0.477. The molecule has 2 rings (SSSR count). The zero-order chi connectivity index (χ0) is 14.5. The second kappa shape index (κ2) is 5.80. The van der Waals surface area contributed by atoms with E-state index >= 15 is 0 Å². The maximum absolute atomic E-state index is 11.8. The fraction of sp³-hybridized carbons (Fsp3) is 0.143. The molecule has 2 aromatic rings. The van der Waals surface area contributed by atoms with Crippen molar-refractivity contribution < 1.29 is 9.53 Å². The van der Waals surface area contributed by atoms with Crippen LogP contribution in [0.4, 0.5) is 0 Å². The predicted octanol–water partition coefficient (Wildman–Crippen LogP) is 1.33. The van der Waals surface area contributed by atoms with Crippen molar-refractivity contribution >= 4 is 16.7 Å². The highest BCUT2D eigenvalue weighted by Gasteiger charge is 2.13. The number of Topliss-reactive ketones (excluding diaryl/α,β-unsaturated/α-hetero) is 1. The molecule has 0 amide bonds. The molecule has 100 valence electrons. The van der Waals surface area contributed by atoms with Gasteiger partial charge in [-0.05, 0) is 19.1 Å². The normalized spacial score (nSPS) is 11.6. The molecular formula is C14H12N4O2. The van der Waals surface area contributed by atoms with E-state index in [0.717, 1.165) is 5.52 Å². The largest absolute Gasteiger partial charge is 0.469 e. The van der Waals surface area contributed by atoms with Crippen molar-refractivity contribution in [1.29, 1.82) is 5.26 Å². The summed E-state index contributed by atoms with van der Waals surface area (Å²) in [5.74, 6) is -0.175. The van der Waals surface area contributed by atoms with Gasteiger partial charge in [0, 0.05) is 5.70 Å². The van der Waals surface area contributed by atoms with Crippen LogP contribution in [0.2, 0.25) is 0 Å². The van der Waals surface area contributed by atoms with E-state index in [1.165, 1.54) is 13.3 Å². The van der Waals surface area contributed by atoms with Gasteiger partial charge in [0.2, 0.25) is 11.7 Å². The average molecular weight is 268 g/mol. The minimum absolute atomic E-state index is 0.0941. The first-order chi connectivity index (χ1) is 9.63. The molecule has 0 aliphatic rings. The van der Waals surface area contributed by atoms with Crippen LogP contribution in [0.3, 0.4) is 0 Å². The van der Waals surface area contributed by atoms with Crippen molar-refractivity contribution in [2.75, 3.05) is 6.61 Å². The molecule has 6 nitrogen and oxygen atoms in total. The smallest absolute Gasteiger partial charge is 0.224 e. The van der Waals surface area contributed by atoms with Gasteiger partial charge >= 0.3 is 0 Å². The van der Waals surface area contributed by atoms with Gasteiger partial charge in [0.25, 0.3) is 0 Å². The van der Waals surface area contributed by atoms with Crippen LogP contribution in [0, 0.1) is 11.3 Å². The summed E-state index contributed by atoms with van der Waals surface area (Å²) in [4.78, 5) is 19.9. The van der Waals surface area contributed by atoms with E-state index in [4.69, 9.17) is 15.7 Å². The summed E-state index contributed by atoms with van der Waals surface area (Å²) in [6.07, 6.45) is 1.36. The van der Waals surface area contributed by atoms with Crippen LogP contribution in [0.25, 0.3) is 10.9 Å². The standard InChI is InChI=1S/C14H12N4O2/c1-9(16)11(6-15)13(19)7-20-14-10-4-2-3-5-12(10)17-8-18-14/h2-5,8H,7,16H2,1H3/b11-9+. The maximum atomic E-state index is 11.8. The number of carbonyl (C=O) groups excluding carboxylic acids is 1. The fourth-order valence-corrected chi connectivity index (χ4v) is 1.67. The predicted molar refractivity (Wildman–Crippen MR) is 72.5 cm³/mol. The van der Waals surface area contributed by atoms with E-state index in [-0.39, 0.29) is 17.9 Å². The molecule has 6 heteroatoms. The number of nitrogens with zero attached hydrogens (tertiary/aromatic N) is 3. The van der Waals surface area contributed by atoms with Crippen LogP contribution in [0.5, 0.6) is 5.88 Å². The summed E-state index contributed by atoms with van der Waals surface area (Å²) in [6.45, 7) is 1.20. The van der Waals surface area contributed by atoms with E-state index in [1.807, 2.05) is 18.2 Å². The van der Waals surface area contributed by atoms with Crippen LogP contribution >= 0.6 is 0 Å². The van der Waals surface area contributed by atoms with Crippen LogP contribution < -0.4 is 10.5 Å². The minimum Gasteiger partial charge on any atom is -0.469 e. The second-order valence-corrected chi connectivity index (χ2v) is 4.08. The van der Waals surface area contributed by atoms with Gasteiger partial charge in [0.15, 0.2) is 6.61 Å². The highest BCUT2D eigenvalue weighted by atomic mass is 16.5. The van der Waals surface area contributed by atoms with Gasteiger partial charge in [-0.2, -0.15) is 5.26 Å². The molecule has 0 saturated heterocycles. The van der Waals surface area contributed by atoms with Crippen LogP contribution in [-0.2, 0) is 4.79 Å². The average Bonchev–Trinajstić information content (AvgIpc) is 2.45. The number of ether oxygens (including phenoxy) is 1. The number of nitrogens with two attached hydrogens (primary N) is 1. The zero-order valence-electron chi connectivity index (χ0n) is 10.8. The Morgan fingerprint density at radius 1 is 1.40 bits per heavy atom. The molecule has 2 N–H and O–H groups in total.